The van der Waals surface area contributed by atoms with Crippen LogP contribution in [-0.4, -0.2) is 15.8 Å². The number of ketones is 1. The Kier molecular flexibility index (Phi) is 4.07. The topological polar surface area (TPSA) is 42.9 Å². The quantitative estimate of drug-likeness (QED) is 0.680. The fraction of sp³-hybridized carbons (Fsp3) is 0.708. The minimum Gasteiger partial charge on any atom is -0.300 e. The Labute approximate surface area is 163 Å². The van der Waals surface area contributed by atoms with Gasteiger partial charge in [0.15, 0.2) is 0 Å². The molecule has 3 nitrogen and oxygen atoms in total. The van der Waals surface area contributed by atoms with Crippen LogP contribution in [0.3, 0.4) is 0 Å². The number of nitrogens with zero attached hydrogens (tertiary/aromatic N) is 2. The highest BCUT2D eigenvalue weighted by Crippen LogP contribution is 2.66. The van der Waals surface area contributed by atoms with Crippen LogP contribution < -0.4 is 0 Å². The van der Waals surface area contributed by atoms with E-state index in [0.717, 1.165) is 49.3 Å². The van der Waals surface area contributed by atoms with Crippen LogP contribution in [0.25, 0.3) is 0 Å². The summed E-state index contributed by atoms with van der Waals surface area (Å²) in [6, 6.07) is 1.90. The maximum absolute atomic E-state index is 12.1. The summed E-state index contributed by atoms with van der Waals surface area (Å²) in [5, 5.41) is 0. The summed E-state index contributed by atoms with van der Waals surface area (Å²) >= 11 is 0. The molecule has 0 bridgehead atoms. The zero-order chi connectivity index (χ0) is 18.6. The Morgan fingerprint density at radius 1 is 1.07 bits per heavy atom. The molecule has 5 rings (SSSR count). The van der Waals surface area contributed by atoms with Crippen LogP contribution in [0.1, 0.15) is 71.0 Å². The van der Waals surface area contributed by atoms with Crippen molar-refractivity contribution in [2.45, 2.75) is 71.6 Å². The van der Waals surface area contributed by atoms with Crippen molar-refractivity contribution in [3.8, 4) is 0 Å². The van der Waals surface area contributed by atoms with E-state index in [9.17, 15) is 4.79 Å². The molecular weight excluding hydrogens is 332 g/mol. The van der Waals surface area contributed by atoms with E-state index in [-0.39, 0.29) is 0 Å². The van der Waals surface area contributed by atoms with E-state index in [2.05, 4.69) is 29.9 Å². The Morgan fingerprint density at radius 2 is 1.89 bits per heavy atom. The van der Waals surface area contributed by atoms with E-state index < -0.39 is 0 Å². The highest BCUT2D eigenvalue weighted by molar-refractivity contribution is 5.79. The molecule has 6 atom stereocenters. The summed E-state index contributed by atoms with van der Waals surface area (Å²) in [5.74, 6) is 4.58. The number of rotatable bonds is 2. The van der Waals surface area contributed by atoms with Gasteiger partial charge in [0.2, 0.25) is 0 Å². The first-order valence-corrected chi connectivity index (χ1v) is 11.0. The molecule has 0 aromatic carbocycles. The predicted octanol–water partition coefficient (Wildman–Crippen LogP) is 5.17. The SMILES string of the molecule is C[C@]12CCC(=O)CC1CC[C@@H]1[C@@H]2CC[C@]2(C)C(Cc3ncccn3)=CC[C@@H]12. The van der Waals surface area contributed by atoms with Crippen LogP contribution in [0.2, 0.25) is 0 Å². The Bertz CT molecular complexity index is 772. The van der Waals surface area contributed by atoms with Gasteiger partial charge in [-0.05, 0) is 79.1 Å². The summed E-state index contributed by atoms with van der Waals surface area (Å²) < 4.78 is 0. The van der Waals surface area contributed by atoms with Crippen LogP contribution in [0.15, 0.2) is 30.1 Å². The summed E-state index contributed by atoms with van der Waals surface area (Å²) in [5.41, 5.74) is 2.32. The van der Waals surface area contributed by atoms with Crippen molar-refractivity contribution in [1.82, 2.24) is 9.97 Å². The third-order valence-corrected chi connectivity index (χ3v) is 9.19. The van der Waals surface area contributed by atoms with Gasteiger partial charge in [-0.3, -0.25) is 4.79 Å². The van der Waals surface area contributed by atoms with Crippen molar-refractivity contribution >= 4 is 5.78 Å². The van der Waals surface area contributed by atoms with Crippen molar-refractivity contribution < 1.29 is 4.79 Å². The van der Waals surface area contributed by atoms with Crippen LogP contribution >= 0.6 is 0 Å². The molecule has 1 unspecified atom stereocenters. The molecule has 4 aliphatic rings. The predicted molar refractivity (Wildman–Crippen MR) is 106 cm³/mol. The summed E-state index contributed by atoms with van der Waals surface area (Å²) in [4.78, 5) is 21.0. The molecule has 1 aromatic heterocycles. The Morgan fingerprint density at radius 3 is 2.70 bits per heavy atom. The molecule has 3 heteroatoms. The lowest BCUT2D eigenvalue weighted by atomic mass is 9.45. The average molecular weight is 365 g/mol. The average Bonchev–Trinajstić information content (AvgIpc) is 3.00. The van der Waals surface area contributed by atoms with E-state index >= 15 is 0 Å². The molecular formula is C24H32N2O. The van der Waals surface area contributed by atoms with Crippen LogP contribution in [0.5, 0.6) is 0 Å². The number of allylic oxidation sites excluding steroid dienone is 2. The summed E-state index contributed by atoms with van der Waals surface area (Å²) in [7, 11) is 0. The van der Waals surface area contributed by atoms with E-state index in [0.29, 0.717) is 22.5 Å². The minimum atomic E-state index is 0.327. The number of hydrogen-bond donors (Lipinski definition) is 0. The first-order valence-electron chi connectivity index (χ1n) is 11.0. The van der Waals surface area contributed by atoms with Gasteiger partial charge < -0.3 is 0 Å². The highest BCUT2D eigenvalue weighted by atomic mass is 16.1. The van der Waals surface area contributed by atoms with Crippen molar-refractivity contribution in [1.29, 1.82) is 0 Å². The van der Waals surface area contributed by atoms with Crippen molar-refractivity contribution in [3.05, 3.63) is 35.9 Å². The molecule has 27 heavy (non-hydrogen) atoms. The van der Waals surface area contributed by atoms with Gasteiger partial charge in [-0.25, -0.2) is 9.97 Å². The maximum Gasteiger partial charge on any atom is 0.133 e. The molecule has 0 saturated heterocycles. The monoisotopic (exact) mass is 364 g/mol. The van der Waals surface area contributed by atoms with Crippen molar-refractivity contribution in [2.75, 3.05) is 0 Å². The number of carbonyl (C=O) groups is 1. The van der Waals surface area contributed by atoms with Crippen molar-refractivity contribution in [2.24, 2.45) is 34.5 Å². The van der Waals surface area contributed by atoms with E-state index in [1.807, 2.05) is 18.5 Å². The lowest BCUT2D eigenvalue weighted by molar-refractivity contribution is -0.137. The molecule has 0 aliphatic heterocycles. The Hall–Kier alpha value is -1.51. The third-order valence-electron chi connectivity index (χ3n) is 9.19. The second-order valence-electron chi connectivity index (χ2n) is 10.2. The smallest absolute Gasteiger partial charge is 0.133 e. The zero-order valence-corrected chi connectivity index (χ0v) is 16.8. The second-order valence-corrected chi connectivity index (χ2v) is 10.2. The Balaban J connectivity index is 1.39. The van der Waals surface area contributed by atoms with Crippen LogP contribution in [0, 0.1) is 34.5 Å². The van der Waals surface area contributed by atoms with Crippen molar-refractivity contribution in [3.63, 3.8) is 0 Å². The van der Waals surface area contributed by atoms with Gasteiger partial charge >= 0.3 is 0 Å². The molecule has 3 fully saturated rings. The normalized spacial score (nSPS) is 43.5. The molecule has 0 N–H and O–H groups in total. The van der Waals surface area contributed by atoms with Gasteiger partial charge in [-0.1, -0.05) is 25.5 Å². The van der Waals surface area contributed by atoms with Gasteiger partial charge in [0.1, 0.15) is 11.6 Å². The number of fused-ring (bicyclic) bond motifs is 5. The van der Waals surface area contributed by atoms with Crippen LogP contribution in [0.4, 0.5) is 0 Å². The van der Waals surface area contributed by atoms with Gasteiger partial charge in [0, 0.05) is 31.7 Å². The second kappa shape index (κ2) is 6.25. The van der Waals surface area contributed by atoms with Crippen LogP contribution in [-0.2, 0) is 11.2 Å². The molecule has 3 saturated carbocycles. The van der Waals surface area contributed by atoms with Gasteiger partial charge in [-0.2, -0.15) is 0 Å². The third kappa shape index (κ3) is 2.64. The van der Waals surface area contributed by atoms with E-state index in [4.69, 9.17) is 0 Å². The lowest BCUT2D eigenvalue weighted by Gasteiger charge is -2.60. The highest BCUT2D eigenvalue weighted by Gasteiger charge is 2.58. The van der Waals surface area contributed by atoms with Gasteiger partial charge in [-0.15, -0.1) is 0 Å². The largest absolute Gasteiger partial charge is 0.300 e. The zero-order valence-electron chi connectivity index (χ0n) is 16.8. The molecule has 4 aliphatic carbocycles. The standard InChI is InChI=1S/C24H32N2O/c1-23-10-8-18(27)14-16(23)4-6-19-20-7-5-17(15-22-25-12-3-13-26-22)24(20,2)11-9-21(19)23/h3,5,12-13,16,19-21H,4,6-11,14-15H2,1-2H3/t16?,19-,20-,21-,23-,24+/m0/s1. The first kappa shape index (κ1) is 17.6. The first-order chi connectivity index (χ1) is 13.0. The summed E-state index contributed by atoms with van der Waals surface area (Å²) in [6.07, 6.45) is 16.5. The fourth-order valence-corrected chi connectivity index (χ4v) is 7.57. The number of Topliss-reactive ketones (excluding diaryl/α,β-unsaturated/α-hetero) is 1. The minimum absolute atomic E-state index is 0.327. The van der Waals surface area contributed by atoms with Gasteiger partial charge in [0.25, 0.3) is 0 Å². The van der Waals surface area contributed by atoms with E-state index in [1.54, 1.807) is 5.57 Å². The maximum atomic E-state index is 12.1. The molecule has 0 spiro atoms. The number of aromatic nitrogens is 2. The molecule has 1 heterocycles. The van der Waals surface area contributed by atoms with E-state index in [1.165, 1.54) is 32.1 Å². The molecule has 0 amide bonds. The molecule has 144 valence electrons. The number of carbonyl (C=O) groups excluding carboxylic acids is 1. The number of hydrogen-bond acceptors (Lipinski definition) is 3. The molecule has 1 aromatic rings. The van der Waals surface area contributed by atoms with Gasteiger partial charge in [0.05, 0.1) is 0 Å². The summed E-state index contributed by atoms with van der Waals surface area (Å²) in [6.45, 7) is 5.05. The fourth-order valence-electron chi connectivity index (χ4n) is 7.57. The lowest BCUT2D eigenvalue weighted by Crippen LogP contribution is -2.53. The molecule has 0 radical (unpaired) electrons.